The normalized spacial score (nSPS) is 10.2. The first-order valence-corrected chi connectivity index (χ1v) is 5.65. The van der Waals surface area contributed by atoms with Crippen molar-refractivity contribution in [3.05, 3.63) is 28.1 Å². The molecule has 0 aliphatic rings. The molecule has 9 heteroatoms. The van der Waals surface area contributed by atoms with E-state index in [1.165, 1.54) is 11.3 Å². The van der Waals surface area contributed by atoms with Gasteiger partial charge in [-0.3, -0.25) is 14.6 Å². The summed E-state index contributed by atoms with van der Waals surface area (Å²) in [5, 5.41) is 7.23. The maximum Gasteiger partial charge on any atom is 0.442 e. The Labute approximate surface area is 104 Å². The Bertz CT molecular complexity index is 627. The number of hydrogen-bond acceptors (Lipinski definition) is 6. The molecule has 2 aromatic rings. The second kappa shape index (κ2) is 4.84. The highest BCUT2D eigenvalue weighted by Gasteiger charge is 2.16. The van der Waals surface area contributed by atoms with Crippen LogP contribution in [0.25, 0.3) is 10.7 Å². The third-order valence-electron chi connectivity index (χ3n) is 1.99. The second-order valence-corrected chi connectivity index (χ2v) is 4.20. The summed E-state index contributed by atoms with van der Waals surface area (Å²) in [7, 11) is 0. The number of rotatable bonds is 3. The Hall–Kier alpha value is -2.42. The number of nitrogens with zero attached hydrogens (tertiary/aromatic N) is 2. The predicted molar refractivity (Wildman–Crippen MR) is 61.8 cm³/mol. The van der Waals surface area contributed by atoms with Crippen molar-refractivity contribution in [2.24, 2.45) is 5.73 Å². The molecule has 0 aromatic carbocycles. The van der Waals surface area contributed by atoms with E-state index in [1.807, 2.05) is 5.32 Å². The number of imide groups is 1. The van der Waals surface area contributed by atoms with Gasteiger partial charge in [0.05, 0.1) is 4.88 Å². The Morgan fingerprint density at radius 1 is 1.56 bits per heavy atom. The fourth-order valence-corrected chi connectivity index (χ4v) is 2.02. The highest BCUT2D eigenvalue weighted by atomic mass is 32.1. The first-order chi connectivity index (χ1) is 8.58. The maximum atomic E-state index is 11.4. The average Bonchev–Trinajstić information content (AvgIpc) is 2.88. The third kappa shape index (κ3) is 2.46. The number of nitrogens with two attached hydrogens (primary N) is 1. The van der Waals surface area contributed by atoms with Gasteiger partial charge in [0.2, 0.25) is 5.91 Å². The van der Waals surface area contributed by atoms with E-state index < -0.39 is 24.2 Å². The fraction of sp³-hybridized carbons (Fsp3) is 0.111. The molecule has 94 valence electrons. The standard InChI is InChI=1S/C9H8N4O4S/c10-8(15)11-6(14)4-13-7(12-17-9(13)16)5-2-1-3-18-5/h1-3H,4H2,(H3,10,11,14,15). The summed E-state index contributed by atoms with van der Waals surface area (Å²) in [6, 6.07) is 2.51. The summed E-state index contributed by atoms with van der Waals surface area (Å²) in [6.45, 7) is -0.390. The summed E-state index contributed by atoms with van der Waals surface area (Å²) in [4.78, 5) is 33.9. The maximum absolute atomic E-state index is 11.4. The molecule has 0 radical (unpaired) electrons. The Morgan fingerprint density at radius 2 is 2.33 bits per heavy atom. The van der Waals surface area contributed by atoms with Gasteiger partial charge in [-0.1, -0.05) is 11.2 Å². The van der Waals surface area contributed by atoms with Crippen molar-refractivity contribution in [3.63, 3.8) is 0 Å². The summed E-state index contributed by atoms with van der Waals surface area (Å²) in [5.41, 5.74) is 4.80. The summed E-state index contributed by atoms with van der Waals surface area (Å²) < 4.78 is 5.51. The van der Waals surface area contributed by atoms with Gasteiger partial charge in [0.1, 0.15) is 6.54 Å². The average molecular weight is 268 g/mol. The number of urea groups is 1. The van der Waals surface area contributed by atoms with Crippen LogP contribution >= 0.6 is 11.3 Å². The van der Waals surface area contributed by atoms with Gasteiger partial charge in [0, 0.05) is 0 Å². The minimum Gasteiger partial charge on any atom is -0.351 e. The lowest BCUT2D eigenvalue weighted by molar-refractivity contribution is -0.120. The predicted octanol–water partition coefficient (Wildman–Crippen LogP) is -0.240. The fourth-order valence-electron chi connectivity index (χ4n) is 1.31. The minimum atomic E-state index is -0.984. The molecule has 2 aromatic heterocycles. The molecule has 0 bridgehead atoms. The molecular weight excluding hydrogens is 260 g/mol. The molecule has 2 rings (SSSR count). The smallest absolute Gasteiger partial charge is 0.351 e. The van der Waals surface area contributed by atoms with E-state index in [4.69, 9.17) is 5.73 Å². The van der Waals surface area contributed by atoms with Gasteiger partial charge >= 0.3 is 11.8 Å². The summed E-state index contributed by atoms with van der Waals surface area (Å²) in [5.74, 6) is -1.27. The summed E-state index contributed by atoms with van der Waals surface area (Å²) >= 11 is 1.34. The van der Waals surface area contributed by atoms with E-state index in [1.54, 1.807) is 17.5 Å². The zero-order chi connectivity index (χ0) is 13.1. The quantitative estimate of drug-likeness (QED) is 0.795. The van der Waals surface area contributed by atoms with Crippen LogP contribution in [0.3, 0.4) is 0 Å². The van der Waals surface area contributed by atoms with E-state index >= 15 is 0 Å². The van der Waals surface area contributed by atoms with E-state index in [0.29, 0.717) is 4.88 Å². The molecule has 2 heterocycles. The molecule has 0 fully saturated rings. The number of carbonyl (C=O) groups excluding carboxylic acids is 2. The molecule has 0 spiro atoms. The molecule has 0 saturated heterocycles. The highest BCUT2D eigenvalue weighted by Crippen LogP contribution is 2.21. The van der Waals surface area contributed by atoms with Crippen molar-refractivity contribution in [1.82, 2.24) is 15.0 Å². The molecule has 0 unspecified atom stereocenters. The van der Waals surface area contributed by atoms with Gasteiger partial charge in [-0.25, -0.2) is 14.2 Å². The topological polar surface area (TPSA) is 120 Å². The molecule has 3 amide bonds. The van der Waals surface area contributed by atoms with Gasteiger partial charge in [-0.05, 0) is 11.4 Å². The number of thiophene rings is 1. The molecule has 3 N–H and O–H groups in total. The SMILES string of the molecule is NC(=O)NC(=O)Cn1c(-c2cccs2)noc1=O. The van der Waals surface area contributed by atoms with Crippen molar-refractivity contribution < 1.29 is 14.1 Å². The monoisotopic (exact) mass is 268 g/mol. The zero-order valence-corrected chi connectivity index (χ0v) is 9.77. The number of primary amides is 1. The van der Waals surface area contributed by atoms with E-state index in [9.17, 15) is 14.4 Å². The van der Waals surface area contributed by atoms with Crippen LogP contribution in [0.15, 0.2) is 26.8 Å². The van der Waals surface area contributed by atoms with Crippen molar-refractivity contribution >= 4 is 23.3 Å². The van der Waals surface area contributed by atoms with Crippen LogP contribution in [0.1, 0.15) is 0 Å². The number of carbonyl (C=O) groups is 2. The van der Waals surface area contributed by atoms with Gasteiger partial charge < -0.3 is 5.73 Å². The second-order valence-electron chi connectivity index (χ2n) is 3.25. The lowest BCUT2D eigenvalue weighted by Crippen LogP contribution is -2.38. The highest BCUT2D eigenvalue weighted by molar-refractivity contribution is 7.13. The van der Waals surface area contributed by atoms with Gasteiger partial charge in [-0.15, -0.1) is 11.3 Å². The van der Waals surface area contributed by atoms with Crippen LogP contribution in [0.2, 0.25) is 0 Å². The number of nitrogens with one attached hydrogen (secondary N) is 1. The van der Waals surface area contributed by atoms with Crippen LogP contribution < -0.4 is 16.8 Å². The van der Waals surface area contributed by atoms with Crippen molar-refractivity contribution in [2.45, 2.75) is 6.54 Å². The lowest BCUT2D eigenvalue weighted by Gasteiger charge is -2.02. The minimum absolute atomic E-state index is 0.231. The van der Waals surface area contributed by atoms with Gasteiger partial charge in [0.25, 0.3) is 0 Å². The molecular formula is C9H8N4O4S. The van der Waals surface area contributed by atoms with Crippen molar-refractivity contribution in [1.29, 1.82) is 0 Å². The third-order valence-corrected chi connectivity index (χ3v) is 2.86. The van der Waals surface area contributed by atoms with Gasteiger partial charge in [0.15, 0.2) is 5.82 Å². The molecule has 0 saturated carbocycles. The first kappa shape index (κ1) is 12.0. The van der Waals surface area contributed by atoms with Crippen LogP contribution in [0, 0.1) is 0 Å². The zero-order valence-electron chi connectivity index (χ0n) is 8.95. The Morgan fingerprint density at radius 3 is 2.94 bits per heavy atom. The molecule has 0 atom stereocenters. The van der Waals surface area contributed by atoms with Crippen molar-refractivity contribution in [3.8, 4) is 10.7 Å². The van der Waals surface area contributed by atoms with Crippen LogP contribution in [-0.2, 0) is 11.3 Å². The van der Waals surface area contributed by atoms with Crippen LogP contribution in [0.5, 0.6) is 0 Å². The van der Waals surface area contributed by atoms with Crippen LogP contribution in [-0.4, -0.2) is 21.7 Å². The van der Waals surface area contributed by atoms with E-state index in [-0.39, 0.29) is 5.82 Å². The molecule has 0 aliphatic heterocycles. The summed E-state index contributed by atoms with van der Waals surface area (Å²) in [6.07, 6.45) is 0. The molecule has 0 aliphatic carbocycles. The first-order valence-electron chi connectivity index (χ1n) is 4.77. The van der Waals surface area contributed by atoms with Crippen LogP contribution in [0.4, 0.5) is 4.79 Å². The van der Waals surface area contributed by atoms with E-state index in [2.05, 4.69) is 9.68 Å². The molecule has 8 nitrogen and oxygen atoms in total. The number of aromatic nitrogens is 2. The number of amides is 3. The van der Waals surface area contributed by atoms with Gasteiger partial charge in [-0.2, -0.15) is 0 Å². The van der Waals surface area contributed by atoms with Crippen molar-refractivity contribution in [2.75, 3.05) is 0 Å². The molecule has 18 heavy (non-hydrogen) atoms. The Balaban J connectivity index is 2.28. The Kier molecular flexibility index (Phi) is 3.24. The largest absolute Gasteiger partial charge is 0.442 e. The lowest BCUT2D eigenvalue weighted by atomic mass is 10.4. The number of hydrogen-bond donors (Lipinski definition) is 2. The van der Waals surface area contributed by atoms with E-state index in [0.717, 1.165) is 4.57 Å².